The number of benzene rings is 2. The van der Waals surface area contributed by atoms with Crippen LogP contribution in [0.2, 0.25) is 0 Å². The lowest BCUT2D eigenvalue weighted by atomic mass is 9.97. The van der Waals surface area contributed by atoms with Crippen LogP contribution in [0.15, 0.2) is 42.5 Å². The molecular weight excluding hydrogens is 351 g/mol. The molecule has 2 aromatic carbocycles. The summed E-state index contributed by atoms with van der Waals surface area (Å²) in [6.45, 7) is 0. The maximum atomic E-state index is 11.3. The summed E-state index contributed by atoms with van der Waals surface area (Å²) in [6, 6.07) is 14.0. The van der Waals surface area contributed by atoms with Crippen molar-refractivity contribution in [2.24, 2.45) is 5.73 Å². The van der Waals surface area contributed by atoms with Crippen molar-refractivity contribution in [3.8, 4) is 0 Å². The predicted octanol–water partition coefficient (Wildman–Crippen LogP) is 2.83. The Morgan fingerprint density at radius 2 is 1.79 bits per heavy atom. The first kappa shape index (κ1) is 12.6. The number of nitrogens with two attached hydrogens (primary N) is 1. The molecule has 1 atom stereocenters. The van der Waals surface area contributed by atoms with Gasteiger partial charge in [0.1, 0.15) is 0 Å². The molecule has 4 heteroatoms. The van der Waals surface area contributed by atoms with Gasteiger partial charge in [0, 0.05) is 9.26 Å². The molecule has 3 rings (SSSR count). The fourth-order valence-corrected chi connectivity index (χ4v) is 2.66. The largest absolute Gasteiger partial charge is 0.326 e. The number of halogens is 1. The Hall–Kier alpha value is -1.40. The first-order chi connectivity index (χ1) is 9.13. The minimum atomic E-state index is -0.155. The highest BCUT2D eigenvalue weighted by molar-refractivity contribution is 14.1. The molecule has 1 aliphatic heterocycles. The number of hydrogen-bond donors (Lipinski definition) is 2. The number of carbonyl (C=O) groups excluding carboxylic acids is 1. The van der Waals surface area contributed by atoms with Crippen molar-refractivity contribution in [2.45, 2.75) is 12.5 Å². The van der Waals surface area contributed by atoms with E-state index in [2.05, 4.69) is 27.9 Å². The van der Waals surface area contributed by atoms with Crippen LogP contribution in [0.5, 0.6) is 0 Å². The molecular formula is C15H13IN2O. The number of anilines is 1. The van der Waals surface area contributed by atoms with Crippen molar-refractivity contribution in [2.75, 3.05) is 5.32 Å². The zero-order valence-corrected chi connectivity index (χ0v) is 12.3. The molecule has 0 aliphatic carbocycles. The third-order valence-electron chi connectivity index (χ3n) is 3.34. The zero-order chi connectivity index (χ0) is 13.4. The molecule has 1 amide bonds. The van der Waals surface area contributed by atoms with E-state index in [0.29, 0.717) is 6.42 Å². The summed E-state index contributed by atoms with van der Waals surface area (Å²) in [6.07, 6.45) is 0.447. The average molecular weight is 364 g/mol. The number of hydrogen-bond acceptors (Lipinski definition) is 2. The Bertz CT molecular complexity index is 637. The molecule has 19 heavy (non-hydrogen) atoms. The van der Waals surface area contributed by atoms with Crippen molar-refractivity contribution < 1.29 is 4.79 Å². The van der Waals surface area contributed by atoms with Gasteiger partial charge in [-0.2, -0.15) is 0 Å². The molecule has 1 heterocycles. The van der Waals surface area contributed by atoms with Crippen molar-refractivity contribution in [1.82, 2.24) is 0 Å². The highest BCUT2D eigenvalue weighted by Crippen LogP contribution is 2.28. The summed E-state index contributed by atoms with van der Waals surface area (Å²) in [5, 5.41) is 2.83. The summed E-state index contributed by atoms with van der Waals surface area (Å²) < 4.78 is 1.19. The monoisotopic (exact) mass is 364 g/mol. The van der Waals surface area contributed by atoms with E-state index >= 15 is 0 Å². The van der Waals surface area contributed by atoms with E-state index in [9.17, 15) is 4.79 Å². The lowest BCUT2D eigenvalue weighted by molar-refractivity contribution is -0.115. The van der Waals surface area contributed by atoms with E-state index in [0.717, 1.165) is 22.4 Å². The molecule has 0 spiro atoms. The summed E-state index contributed by atoms with van der Waals surface area (Å²) in [7, 11) is 0. The van der Waals surface area contributed by atoms with Crippen LogP contribution in [0.25, 0.3) is 0 Å². The van der Waals surface area contributed by atoms with Gasteiger partial charge in [-0.1, -0.05) is 24.3 Å². The third-order valence-corrected chi connectivity index (χ3v) is 4.06. The standard InChI is InChI=1S/C15H13IN2O/c16-12-4-1-9(2-5-12)15(17)10-3-6-13-11(7-10)8-14(19)18-13/h1-7,15H,8,17H2,(H,18,19). The van der Waals surface area contributed by atoms with Crippen LogP contribution in [-0.2, 0) is 11.2 Å². The Morgan fingerprint density at radius 3 is 2.53 bits per heavy atom. The number of nitrogens with one attached hydrogen (secondary N) is 1. The maximum Gasteiger partial charge on any atom is 0.228 e. The molecule has 1 aliphatic rings. The molecule has 0 fully saturated rings. The van der Waals surface area contributed by atoms with Gasteiger partial charge in [-0.3, -0.25) is 4.79 Å². The fraction of sp³-hybridized carbons (Fsp3) is 0.133. The van der Waals surface area contributed by atoms with Gasteiger partial charge in [0.25, 0.3) is 0 Å². The Balaban J connectivity index is 1.92. The van der Waals surface area contributed by atoms with Crippen LogP contribution in [-0.4, -0.2) is 5.91 Å². The summed E-state index contributed by atoms with van der Waals surface area (Å²) in [4.78, 5) is 11.3. The first-order valence-electron chi connectivity index (χ1n) is 6.07. The molecule has 1 unspecified atom stereocenters. The van der Waals surface area contributed by atoms with Gasteiger partial charge in [-0.25, -0.2) is 0 Å². The highest BCUT2D eigenvalue weighted by atomic mass is 127. The van der Waals surface area contributed by atoms with Gasteiger partial charge < -0.3 is 11.1 Å². The minimum absolute atomic E-state index is 0.0509. The van der Waals surface area contributed by atoms with Crippen molar-refractivity contribution in [3.63, 3.8) is 0 Å². The van der Waals surface area contributed by atoms with E-state index in [1.165, 1.54) is 3.57 Å². The second-order valence-corrected chi connectivity index (χ2v) is 5.92. The molecule has 2 aromatic rings. The fourth-order valence-electron chi connectivity index (χ4n) is 2.31. The summed E-state index contributed by atoms with van der Waals surface area (Å²) in [5.41, 5.74) is 10.3. The second-order valence-electron chi connectivity index (χ2n) is 4.67. The Kier molecular flexibility index (Phi) is 3.28. The van der Waals surface area contributed by atoms with Gasteiger partial charge in [0.15, 0.2) is 0 Å². The maximum absolute atomic E-state index is 11.3. The highest BCUT2D eigenvalue weighted by Gasteiger charge is 2.19. The quantitative estimate of drug-likeness (QED) is 0.806. The van der Waals surface area contributed by atoms with Gasteiger partial charge in [-0.15, -0.1) is 0 Å². The van der Waals surface area contributed by atoms with Crippen LogP contribution < -0.4 is 11.1 Å². The predicted molar refractivity (Wildman–Crippen MR) is 84.0 cm³/mol. The Labute approximate surface area is 125 Å². The van der Waals surface area contributed by atoms with Gasteiger partial charge in [0.05, 0.1) is 12.5 Å². The molecule has 0 radical (unpaired) electrons. The van der Waals surface area contributed by atoms with Gasteiger partial charge in [-0.05, 0) is 57.5 Å². The van der Waals surface area contributed by atoms with Crippen LogP contribution in [0.1, 0.15) is 22.7 Å². The van der Waals surface area contributed by atoms with Gasteiger partial charge >= 0.3 is 0 Å². The van der Waals surface area contributed by atoms with Crippen molar-refractivity contribution in [1.29, 1.82) is 0 Å². The zero-order valence-electron chi connectivity index (χ0n) is 10.2. The van der Waals surface area contributed by atoms with Crippen molar-refractivity contribution >= 4 is 34.2 Å². The summed E-state index contributed by atoms with van der Waals surface area (Å²) in [5.74, 6) is 0.0509. The van der Waals surface area contributed by atoms with Crippen molar-refractivity contribution in [3.05, 3.63) is 62.7 Å². The van der Waals surface area contributed by atoms with Gasteiger partial charge in [0.2, 0.25) is 5.91 Å². The van der Waals surface area contributed by atoms with Crippen LogP contribution in [0, 0.1) is 3.57 Å². The molecule has 0 saturated heterocycles. The second kappa shape index (κ2) is 4.94. The third kappa shape index (κ3) is 2.50. The minimum Gasteiger partial charge on any atom is -0.326 e. The van der Waals surface area contributed by atoms with E-state index in [1.54, 1.807) is 0 Å². The normalized spacial score (nSPS) is 14.9. The average Bonchev–Trinajstić information content (AvgIpc) is 2.77. The number of fused-ring (bicyclic) bond motifs is 1. The number of carbonyl (C=O) groups is 1. The Morgan fingerprint density at radius 1 is 1.11 bits per heavy atom. The number of amides is 1. The van der Waals surface area contributed by atoms with E-state index in [-0.39, 0.29) is 11.9 Å². The summed E-state index contributed by atoms with van der Waals surface area (Å²) >= 11 is 2.27. The molecule has 3 N–H and O–H groups in total. The van der Waals surface area contributed by atoms with Crippen LogP contribution in [0.4, 0.5) is 5.69 Å². The van der Waals surface area contributed by atoms with E-state index in [4.69, 9.17) is 5.73 Å². The molecule has 0 aromatic heterocycles. The smallest absolute Gasteiger partial charge is 0.228 e. The molecule has 96 valence electrons. The molecule has 0 bridgehead atoms. The molecule has 3 nitrogen and oxygen atoms in total. The SMILES string of the molecule is NC(c1ccc(I)cc1)c1ccc2c(c1)CC(=O)N2. The van der Waals surface area contributed by atoms with Crippen LogP contribution in [0.3, 0.4) is 0 Å². The first-order valence-corrected chi connectivity index (χ1v) is 7.15. The van der Waals surface area contributed by atoms with E-state index < -0.39 is 0 Å². The van der Waals surface area contributed by atoms with E-state index in [1.807, 2.05) is 42.5 Å². The molecule has 0 saturated carbocycles. The lowest BCUT2D eigenvalue weighted by Gasteiger charge is -2.14. The van der Waals surface area contributed by atoms with Crippen LogP contribution >= 0.6 is 22.6 Å². The number of rotatable bonds is 2. The topological polar surface area (TPSA) is 55.1 Å². The lowest BCUT2D eigenvalue weighted by Crippen LogP contribution is -2.12.